The monoisotopic (exact) mass is 304 g/mol. The second kappa shape index (κ2) is 4.83. The molecule has 22 heavy (non-hydrogen) atoms. The standard InChI is InChI=1S/C20H32O2/c1-12(2)14-8-7-13(3)16-15-11-19(4)9-6-10-20(5,22-19)18(21-15)17(14)16/h12,14-18H,3,6-11H2,1-2,4-5H3/t14-,15+,16-,17-,18+,19+,20-/m1/s1. The molecule has 0 spiro atoms. The molecule has 0 radical (unpaired) electrons. The maximum atomic E-state index is 6.72. The summed E-state index contributed by atoms with van der Waals surface area (Å²) < 4.78 is 13.4. The first-order valence-electron chi connectivity index (χ1n) is 9.36. The molecule has 124 valence electrons. The van der Waals surface area contributed by atoms with Crippen molar-refractivity contribution in [2.75, 3.05) is 0 Å². The van der Waals surface area contributed by atoms with Crippen molar-refractivity contribution in [3.63, 3.8) is 0 Å². The lowest BCUT2D eigenvalue weighted by Gasteiger charge is -2.52. The number of hydrogen-bond donors (Lipinski definition) is 0. The molecule has 0 aromatic carbocycles. The van der Waals surface area contributed by atoms with Gasteiger partial charge in [-0.25, -0.2) is 0 Å². The first kappa shape index (κ1) is 15.2. The third-order valence-electron chi connectivity index (χ3n) is 7.20. The average molecular weight is 304 g/mol. The van der Waals surface area contributed by atoms with Crippen molar-refractivity contribution in [2.24, 2.45) is 23.7 Å². The Bertz CT molecular complexity index is 484. The molecule has 2 heteroatoms. The number of rotatable bonds is 1. The summed E-state index contributed by atoms with van der Waals surface area (Å²) in [5.74, 6) is 2.69. The van der Waals surface area contributed by atoms with Crippen LogP contribution in [-0.2, 0) is 9.47 Å². The van der Waals surface area contributed by atoms with Gasteiger partial charge in [-0.2, -0.15) is 0 Å². The minimum absolute atomic E-state index is 0.0163. The molecular weight excluding hydrogens is 272 g/mol. The van der Waals surface area contributed by atoms with Crippen LogP contribution in [0.3, 0.4) is 0 Å². The Morgan fingerprint density at radius 2 is 2.00 bits per heavy atom. The van der Waals surface area contributed by atoms with Crippen LogP contribution in [0.15, 0.2) is 12.2 Å². The van der Waals surface area contributed by atoms with Crippen LogP contribution in [0, 0.1) is 23.7 Å². The fraction of sp³-hybridized carbons (Fsp3) is 0.900. The predicted octanol–water partition coefficient (Wildman–Crippen LogP) is 4.73. The van der Waals surface area contributed by atoms with Gasteiger partial charge >= 0.3 is 0 Å². The fourth-order valence-corrected chi connectivity index (χ4v) is 6.29. The van der Waals surface area contributed by atoms with Crippen LogP contribution >= 0.6 is 0 Å². The van der Waals surface area contributed by atoms with E-state index < -0.39 is 0 Å². The average Bonchev–Trinajstić information content (AvgIpc) is 2.75. The SMILES string of the molecule is C=C1CC[C@H](C(C)C)[C@@H]2[C@H]1[C@@H]1C[C@]3(C)CCC[C@@](C)(O3)[C@H]2O1. The van der Waals surface area contributed by atoms with Gasteiger partial charge in [-0.1, -0.05) is 26.0 Å². The van der Waals surface area contributed by atoms with E-state index in [1.54, 1.807) is 0 Å². The van der Waals surface area contributed by atoms with Crippen LogP contribution in [0.1, 0.15) is 66.2 Å². The lowest BCUT2D eigenvalue weighted by molar-refractivity contribution is -0.208. The number of fused-ring (bicyclic) bond motifs is 8. The summed E-state index contributed by atoms with van der Waals surface area (Å²) in [5, 5.41) is 0. The Morgan fingerprint density at radius 3 is 2.73 bits per heavy atom. The van der Waals surface area contributed by atoms with Gasteiger partial charge in [-0.05, 0) is 63.7 Å². The first-order chi connectivity index (χ1) is 10.3. The van der Waals surface area contributed by atoms with Gasteiger partial charge in [0, 0.05) is 12.3 Å². The molecule has 1 saturated carbocycles. The van der Waals surface area contributed by atoms with Gasteiger partial charge in [-0.3, -0.25) is 0 Å². The minimum Gasteiger partial charge on any atom is -0.371 e. The quantitative estimate of drug-likeness (QED) is 0.652. The van der Waals surface area contributed by atoms with E-state index in [4.69, 9.17) is 9.47 Å². The normalized spacial score (nSPS) is 54.2. The second-order valence-electron chi connectivity index (χ2n) is 9.23. The van der Waals surface area contributed by atoms with Crippen LogP contribution in [-0.4, -0.2) is 23.4 Å². The molecule has 3 aliphatic heterocycles. The van der Waals surface area contributed by atoms with Crippen molar-refractivity contribution in [1.29, 1.82) is 0 Å². The highest BCUT2D eigenvalue weighted by Crippen LogP contribution is 2.59. The zero-order valence-corrected chi connectivity index (χ0v) is 14.7. The molecule has 0 N–H and O–H groups in total. The summed E-state index contributed by atoms with van der Waals surface area (Å²) in [5.41, 5.74) is 1.38. The van der Waals surface area contributed by atoms with Gasteiger partial charge in [0.2, 0.25) is 0 Å². The topological polar surface area (TPSA) is 18.5 Å². The summed E-state index contributed by atoms with van der Waals surface area (Å²) in [6.07, 6.45) is 7.78. The maximum absolute atomic E-state index is 6.72. The summed E-state index contributed by atoms with van der Waals surface area (Å²) >= 11 is 0. The van der Waals surface area contributed by atoms with Crippen molar-refractivity contribution in [3.8, 4) is 0 Å². The molecule has 0 amide bonds. The van der Waals surface area contributed by atoms with E-state index in [2.05, 4.69) is 34.3 Å². The van der Waals surface area contributed by atoms with Crippen molar-refractivity contribution in [3.05, 3.63) is 12.2 Å². The minimum atomic E-state index is -0.0913. The van der Waals surface area contributed by atoms with Crippen molar-refractivity contribution >= 4 is 0 Å². The van der Waals surface area contributed by atoms with Crippen LogP contribution in [0.4, 0.5) is 0 Å². The van der Waals surface area contributed by atoms with Crippen molar-refractivity contribution < 1.29 is 9.47 Å². The molecule has 4 fully saturated rings. The molecule has 0 aromatic heterocycles. The lowest BCUT2D eigenvalue weighted by Crippen LogP contribution is -2.56. The highest BCUT2D eigenvalue weighted by atomic mass is 16.6. The summed E-state index contributed by atoms with van der Waals surface area (Å²) in [6.45, 7) is 13.9. The van der Waals surface area contributed by atoms with Gasteiger partial charge < -0.3 is 9.47 Å². The fourth-order valence-electron chi connectivity index (χ4n) is 6.29. The van der Waals surface area contributed by atoms with Gasteiger partial charge in [0.25, 0.3) is 0 Å². The Kier molecular flexibility index (Phi) is 3.34. The van der Waals surface area contributed by atoms with E-state index in [0.717, 1.165) is 24.7 Å². The van der Waals surface area contributed by atoms with E-state index >= 15 is 0 Å². The third kappa shape index (κ3) is 2.06. The Labute approximate surface area is 135 Å². The molecule has 4 rings (SSSR count). The molecule has 3 heterocycles. The molecule has 0 aromatic rings. The molecule has 3 saturated heterocycles. The summed E-state index contributed by atoms with van der Waals surface area (Å²) in [4.78, 5) is 0. The van der Waals surface area contributed by atoms with E-state index in [1.165, 1.54) is 31.3 Å². The zero-order chi connectivity index (χ0) is 15.7. The highest BCUT2D eigenvalue weighted by Gasteiger charge is 2.62. The van der Waals surface area contributed by atoms with E-state index in [9.17, 15) is 0 Å². The second-order valence-corrected chi connectivity index (χ2v) is 9.23. The molecule has 2 nitrogen and oxygen atoms in total. The maximum Gasteiger partial charge on any atom is 0.0925 e. The molecule has 1 aliphatic carbocycles. The van der Waals surface area contributed by atoms with Crippen LogP contribution in [0.2, 0.25) is 0 Å². The van der Waals surface area contributed by atoms with Crippen LogP contribution in [0.25, 0.3) is 0 Å². The molecule has 0 unspecified atom stereocenters. The first-order valence-corrected chi connectivity index (χ1v) is 9.36. The smallest absolute Gasteiger partial charge is 0.0925 e. The number of hydrogen-bond acceptors (Lipinski definition) is 2. The Hall–Kier alpha value is -0.340. The van der Waals surface area contributed by atoms with Gasteiger partial charge in [0.05, 0.1) is 23.4 Å². The summed E-state index contributed by atoms with van der Waals surface area (Å²) in [6, 6.07) is 0. The van der Waals surface area contributed by atoms with Gasteiger partial charge in [0.1, 0.15) is 0 Å². The molecule has 4 aliphatic rings. The zero-order valence-electron chi connectivity index (χ0n) is 14.7. The summed E-state index contributed by atoms with van der Waals surface area (Å²) in [7, 11) is 0. The molecular formula is C20H32O2. The lowest BCUT2D eigenvalue weighted by atomic mass is 9.59. The third-order valence-corrected chi connectivity index (χ3v) is 7.20. The van der Waals surface area contributed by atoms with Crippen LogP contribution in [0.5, 0.6) is 0 Å². The predicted molar refractivity (Wildman–Crippen MR) is 88.7 cm³/mol. The van der Waals surface area contributed by atoms with E-state index in [-0.39, 0.29) is 17.3 Å². The van der Waals surface area contributed by atoms with E-state index in [0.29, 0.717) is 17.9 Å². The van der Waals surface area contributed by atoms with Gasteiger partial charge in [-0.15, -0.1) is 0 Å². The number of ether oxygens (including phenoxy) is 2. The molecule has 4 bridgehead atoms. The highest BCUT2D eigenvalue weighted by molar-refractivity contribution is 5.20. The molecule has 7 atom stereocenters. The van der Waals surface area contributed by atoms with Gasteiger partial charge in [0.15, 0.2) is 0 Å². The van der Waals surface area contributed by atoms with Crippen LogP contribution < -0.4 is 0 Å². The van der Waals surface area contributed by atoms with E-state index in [1.807, 2.05) is 0 Å². The largest absolute Gasteiger partial charge is 0.371 e. The Balaban J connectivity index is 1.77. The Morgan fingerprint density at radius 1 is 1.23 bits per heavy atom. The van der Waals surface area contributed by atoms with Crippen molar-refractivity contribution in [2.45, 2.75) is 89.6 Å². The van der Waals surface area contributed by atoms with Crippen molar-refractivity contribution in [1.82, 2.24) is 0 Å².